The topological polar surface area (TPSA) is 108 Å². The van der Waals surface area contributed by atoms with Crippen LogP contribution in [0.1, 0.15) is 34.5 Å². The molecule has 2 heterocycles. The fourth-order valence-electron chi connectivity index (χ4n) is 2.53. The van der Waals surface area contributed by atoms with Crippen molar-refractivity contribution < 1.29 is 19.4 Å². The van der Waals surface area contributed by atoms with E-state index in [1.165, 1.54) is 0 Å². The SMILES string of the molecule is Cc1cc(C)c(C(=O)NC2(C(=O)O)CCOCC2)c(=O)[nH]1. The lowest BCUT2D eigenvalue weighted by Gasteiger charge is -2.33. The van der Waals surface area contributed by atoms with Gasteiger partial charge in [-0.2, -0.15) is 0 Å². The van der Waals surface area contributed by atoms with Gasteiger partial charge in [-0.1, -0.05) is 0 Å². The quantitative estimate of drug-likeness (QED) is 0.745. The summed E-state index contributed by atoms with van der Waals surface area (Å²) in [6.07, 6.45) is 0.355. The second-order valence-electron chi connectivity index (χ2n) is 5.29. The number of ether oxygens (including phenoxy) is 1. The van der Waals surface area contributed by atoms with Gasteiger partial charge in [-0.25, -0.2) is 4.79 Å². The fraction of sp³-hybridized carbons (Fsp3) is 0.500. The molecule has 0 radical (unpaired) electrons. The number of carbonyl (C=O) groups excluding carboxylic acids is 1. The van der Waals surface area contributed by atoms with Crippen LogP contribution in [0.2, 0.25) is 0 Å². The van der Waals surface area contributed by atoms with Crippen LogP contribution >= 0.6 is 0 Å². The molecule has 0 aliphatic carbocycles. The van der Waals surface area contributed by atoms with Gasteiger partial charge in [-0.3, -0.25) is 9.59 Å². The number of carboxylic acid groups (broad SMARTS) is 1. The Kier molecular flexibility index (Phi) is 4.13. The minimum absolute atomic E-state index is 0.0484. The number of aryl methyl sites for hydroxylation is 2. The Labute approximate surface area is 121 Å². The molecule has 0 unspecified atom stereocenters. The van der Waals surface area contributed by atoms with E-state index in [0.717, 1.165) is 0 Å². The zero-order chi connectivity index (χ0) is 15.6. The van der Waals surface area contributed by atoms with Gasteiger partial charge < -0.3 is 20.1 Å². The lowest BCUT2D eigenvalue weighted by Crippen LogP contribution is -2.58. The van der Waals surface area contributed by atoms with Gasteiger partial charge in [0.25, 0.3) is 11.5 Å². The first-order valence-electron chi connectivity index (χ1n) is 6.70. The number of rotatable bonds is 3. The number of aromatic nitrogens is 1. The van der Waals surface area contributed by atoms with Crippen LogP contribution in [0.5, 0.6) is 0 Å². The largest absolute Gasteiger partial charge is 0.480 e. The Balaban J connectivity index is 2.32. The smallest absolute Gasteiger partial charge is 0.329 e. The molecule has 0 saturated carbocycles. The van der Waals surface area contributed by atoms with Gasteiger partial charge in [0, 0.05) is 31.7 Å². The molecule has 7 nitrogen and oxygen atoms in total. The number of H-pyrrole nitrogens is 1. The van der Waals surface area contributed by atoms with Gasteiger partial charge in [0.1, 0.15) is 11.1 Å². The third-order valence-corrected chi connectivity index (χ3v) is 3.70. The van der Waals surface area contributed by atoms with Crippen molar-refractivity contribution in [3.63, 3.8) is 0 Å². The van der Waals surface area contributed by atoms with Crippen molar-refractivity contribution in [1.82, 2.24) is 10.3 Å². The second kappa shape index (κ2) is 5.69. The molecule has 1 aromatic rings. The molecule has 2 rings (SSSR count). The Bertz CT molecular complexity index is 629. The van der Waals surface area contributed by atoms with E-state index in [-0.39, 0.29) is 31.6 Å². The molecule has 1 fully saturated rings. The van der Waals surface area contributed by atoms with Crippen molar-refractivity contribution >= 4 is 11.9 Å². The second-order valence-corrected chi connectivity index (χ2v) is 5.29. The van der Waals surface area contributed by atoms with Crippen LogP contribution in [0.25, 0.3) is 0 Å². The summed E-state index contributed by atoms with van der Waals surface area (Å²) >= 11 is 0. The van der Waals surface area contributed by atoms with Crippen LogP contribution in [0, 0.1) is 13.8 Å². The summed E-state index contributed by atoms with van der Waals surface area (Å²) in [7, 11) is 0. The molecule has 114 valence electrons. The van der Waals surface area contributed by atoms with Gasteiger partial charge in [0.2, 0.25) is 0 Å². The van der Waals surface area contributed by atoms with Crippen LogP contribution in [-0.2, 0) is 9.53 Å². The van der Waals surface area contributed by atoms with E-state index in [0.29, 0.717) is 11.3 Å². The average Bonchev–Trinajstić information content (AvgIpc) is 2.38. The summed E-state index contributed by atoms with van der Waals surface area (Å²) in [6, 6.07) is 1.67. The third-order valence-electron chi connectivity index (χ3n) is 3.70. The van der Waals surface area contributed by atoms with E-state index in [2.05, 4.69) is 10.3 Å². The predicted molar refractivity (Wildman–Crippen MR) is 74.4 cm³/mol. The van der Waals surface area contributed by atoms with Crippen molar-refractivity contribution in [2.75, 3.05) is 13.2 Å². The van der Waals surface area contributed by atoms with Gasteiger partial charge in [0.05, 0.1) is 0 Å². The maximum absolute atomic E-state index is 12.3. The Morgan fingerprint density at radius 1 is 1.33 bits per heavy atom. The van der Waals surface area contributed by atoms with Crippen LogP contribution in [0.3, 0.4) is 0 Å². The molecule has 0 aromatic carbocycles. The summed E-state index contributed by atoms with van der Waals surface area (Å²) in [5, 5.41) is 11.9. The minimum Gasteiger partial charge on any atom is -0.480 e. The summed E-state index contributed by atoms with van der Waals surface area (Å²) < 4.78 is 5.14. The minimum atomic E-state index is -1.38. The van der Waals surface area contributed by atoms with Gasteiger partial charge >= 0.3 is 5.97 Å². The number of carbonyl (C=O) groups is 2. The molecule has 21 heavy (non-hydrogen) atoms. The summed E-state index contributed by atoms with van der Waals surface area (Å²) in [5.41, 5.74) is -0.779. The van der Waals surface area contributed by atoms with Crippen molar-refractivity contribution in [3.8, 4) is 0 Å². The van der Waals surface area contributed by atoms with E-state index in [4.69, 9.17) is 4.74 Å². The lowest BCUT2D eigenvalue weighted by molar-refractivity contribution is -0.148. The summed E-state index contributed by atoms with van der Waals surface area (Å²) in [4.78, 5) is 38.3. The van der Waals surface area contributed by atoms with Gasteiger partial charge in [-0.15, -0.1) is 0 Å². The number of hydrogen-bond donors (Lipinski definition) is 3. The number of aliphatic carboxylic acids is 1. The molecule has 1 amide bonds. The highest BCUT2D eigenvalue weighted by Crippen LogP contribution is 2.21. The number of nitrogens with one attached hydrogen (secondary N) is 2. The molecule has 0 atom stereocenters. The predicted octanol–water partition coefficient (Wildman–Crippen LogP) is 0.355. The van der Waals surface area contributed by atoms with E-state index in [1.54, 1.807) is 19.9 Å². The number of amides is 1. The third kappa shape index (κ3) is 2.97. The van der Waals surface area contributed by atoms with Crippen LogP contribution in [-0.4, -0.2) is 40.7 Å². The average molecular weight is 294 g/mol. The molecular weight excluding hydrogens is 276 g/mol. The van der Waals surface area contributed by atoms with Crippen molar-refractivity contribution in [3.05, 3.63) is 33.2 Å². The zero-order valence-corrected chi connectivity index (χ0v) is 12.0. The Morgan fingerprint density at radius 2 is 1.95 bits per heavy atom. The maximum Gasteiger partial charge on any atom is 0.329 e. The van der Waals surface area contributed by atoms with Crippen molar-refractivity contribution in [1.29, 1.82) is 0 Å². The van der Waals surface area contributed by atoms with Crippen LogP contribution < -0.4 is 10.9 Å². The first-order valence-corrected chi connectivity index (χ1v) is 6.70. The van der Waals surface area contributed by atoms with Crippen molar-refractivity contribution in [2.24, 2.45) is 0 Å². The highest BCUT2D eigenvalue weighted by Gasteiger charge is 2.42. The molecule has 1 aliphatic heterocycles. The number of carboxylic acids is 1. The first-order chi connectivity index (χ1) is 9.85. The van der Waals surface area contributed by atoms with Crippen LogP contribution in [0.4, 0.5) is 0 Å². The zero-order valence-electron chi connectivity index (χ0n) is 12.0. The molecule has 7 heteroatoms. The van der Waals surface area contributed by atoms with Crippen LogP contribution in [0.15, 0.2) is 10.9 Å². The standard InChI is InChI=1S/C14H18N2O5/c1-8-7-9(2)15-11(17)10(8)12(18)16-14(13(19)20)3-5-21-6-4-14/h7H,3-6H2,1-2H3,(H,15,17)(H,16,18)(H,19,20). The van der Waals surface area contributed by atoms with Crippen molar-refractivity contribution in [2.45, 2.75) is 32.2 Å². The lowest BCUT2D eigenvalue weighted by atomic mass is 9.89. The van der Waals surface area contributed by atoms with E-state index >= 15 is 0 Å². The molecule has 0 bridgehead atoms. The van der Waals surface area contributed by atoms with Gasteiger partial charge in [-0.05, 0) is 25.5 Å². The summed E-state index contributed by atoms with van der Waals surface area (Å²) in [6.45, 7) is 3.88. The first kappa shape index (κ1) is 15.2. The summed E-state index contributed by atoms with van der Waals surface area (Å²) in [5.74, 6) is -1.78. The molecule has 0 spiro atoms. The molecular formula is C14H18N2O5. The maximum atomic E-state index is 12.3. The Morgan fingerprint density at radius 3 is 2.48 bits per heavy atom. The number of pyridine rings is 1. The molecule has 1 aliphatic rings. The highest BCUT2D eigenvalue weighted by atomic mass is 16.5. The Hall–Kier alpha value is -2.15. The fourth-order valence-corrected chi connectivity index (χ4v) is 2.53. The number of aromatic amines is 1. The molecule has 3 N–H and O–H groups in total. The molecule has 1 aromatic heterocycles. The van der Waals surface area contributed by atoms with E-state index < -0.39 is 23.0 Å². The van der Waals surface area contributed by atoms with E-state index in [1.807, 2.05) is 0 Å². The normalized spacial score (nSPS) is 17.2. The molecule has 1 saturated heterocycles. The monoisotopic (exact) mass is 294 g/mol. The van der Waals surface area contributed by atoms with E-state index in [9.17, 15) is 19.5 Å². The highest BCUT2D eigenvalue weighted by molar-refractivity contribution is 5.98. The number of hydrogen-bond acceptors (Lipinski definition) is 4. The van der Waals surface area contributed by atoms with Gasteiger partial charge in [0.15, 0.2) is 0 Å².